The van der Waals surface area contributed by atoms with E-state index in [9.17, 15) is 0 Å². The quantitative estimate of drug-likeness (QED) is 0.255. The normalized spacial score (nSPS) is 15.2. The Morgan fingerprint density at radius 2 is 1.96 bits per heavy atom. The zero-order chi connectivity index (χ0) is 17.8. The van der Waals surface area contributed by atoms with Crippen molar-refractivity contribution in [2.45, 2.75) is 13.0 Å². The second-order valence-electron chi connectivity index (χ2n) is 6.45. The number of anilines is 1. The minimum atomic E-state index is 0. The van der Waals surface area contributed by atoms with Crippen LogP contribution in [-0.4, -0.2) is 53.1 Å². The summed E-state index contributed by atoms with van der Waals surface area (Å²) < 4.78 is 2.29. The lowest BCUT2D eigenvalue weighted by molar-refractivity contribution is 0.380. The van der Waals surface area contributed by atoms with E-state index in [2.05, 4.69) is 60.9 Å². The van der Waals surface area contributed by atoms with Crippen LogP contribution in [0.2, 0.25) is 0 Å². The molecular formula is C19H25IN6S. The van der Waals surface area contributed by atoms with E-state index < -0.39 is 0 Å². The Morgan fingerprint density at radius 3 is 2.74 bits per heavy atom. The summed E-state index contributed by atoms with van der Waals surface area (Å²) in [7, 11) is 0. The molecule has 1 aliphatic rings. The monoisotopic (exact) mass is 496 g/mol. The molecule has 3 heterocycles. The minimum Gasteiger partial charge on any atom is -0.370 e. The fraction of sp³-hybridized carbons (Fsp3) is 0.368. The summed E-state index contributed by atoms with van der Waals surface area (Å²) in [6.45, 7) is 5.40. The summed E-state index contributed by atoms with van der Waals surface area (Å²) in [6.07, 6.45) is 4.99. The lowest BCUT2D eigenvalue weighted by atomic mass is 10.2. The molecule has 1 fully saturated rings. The number of aryl methyl sites for hydroxylation is 1. The van der Waals surface area contributed by atoms with E-state index >= 15 is 0 Å². The molecule has 1 aromatic carbocycles. The fourth-order valence-electron chi connectivity index (χ4n) is 3.37. The van der Waals surface area contributed by atoms with E-state index in [1.54, 1.807) is 11.3 Å². The minimum absolute atomic E-state index is 0. The Hall–Kier alpha value is -1.81. The summed E-state index contributed by atoms with van der Waals surface area (Å²) in [5.74, 6) is 0.668. The zero-order valence-corrected chi connectivity index (χ0v) is 18.3. The van der Waals surface area contributed by atoms with Crippen molar-refractivity contribution < 1.29 is 0 Å². The third-order valence-electron chi connectivity index (χ3n) is 4.80. The van der Waals surface area contributed by atoms with Crippen LogP contribution in [0.3, 0.4) is 0 Å². The molecule has 0 saturated carbocycles. The zero-order valence-electron chi connectivity index (χ0n) is 15.2. The van der Waals surface area contributed by atoms with Gasteiger partial charge in [-0.3, -0.25) is 4.99 Å². The molecule has 0 atom stereocenters. The number of rotatable bonds is 5. The Bertz CT molecular complexity index is 867. The molecule has 0 bridgehead atoms. The number of para-hydroxylation sites is 1. The van der Waals surface area contributed by atoms with Gasteiger partial charge in [-0.1, -0.05) is 18.2 Å². The number of nitrogens with zero attached hydrogens (tertiary/aromatic N) is 5. The van der Waals surface area contributed by atoms with Crippen LogP contribution in [0.15, 0.2) is 53.1 Å². The number of aromatic nitrogens is 2. The molecule has 144 valence electrons. The number of hydrogen-bond donors (Lipinski definition) is 1. The van der Waals surface area contributed by atoms with E-state index in [-0.39, 0.29) is 24.0 Å². The molecule has 6 nitrogen and oxygen atoms in total. The van der Waals surface area contributed by atoms with Gasteiger partial charge >= 0.3 is 0 Å². The first kappa shape index (κ1) is 19.9. The number of hydrogen-bond acceptors (Lipinski definition) is 4. The predicted molar refractivity (Wildman–Crippen MR) is 124 cm³/mol. The number of fused-ring (bicyclic) bond motifs is 1. The molecule has 0 amide bonds. The lowest BCUT2D eigenvalue weighted by Gasteiger charge is -2.35. The molecule has 2 aromatic heterocycles. The van der Waals surface area contributed by atoms with E-state index in [0.717, 1.165) is 50.8 Å². The molecule has 2 N–H and O–H groups in total. The van der Waals surface area contributed by atoms with Gasteiger partial charge in [0, 0.05) is 62.6 Å². The molecule has 0 radical (unpaired) electrons. The van der Waals surface area contributed by atoms with Crippen LogP contribution in [0, 0.1) is 0 Å². The van der Waals surface area contributed by atoms with Crippen LogP contribution in [0.25, 0.3) is 10.9 Å². The van der Waals surface area contributed by atoms with Gasteiger partial charge in [-0.15, -0.1) is 35.3 Å². The number of nitrogens with two attached hydrogens (primary N) is 1. The molecule has 0 spiro atoms. The molecule has 8 heteroatoms. The summed E-state index contributed by atoms with van der Waals surface area (Å²) >= 11 is 1.69. The van der Waals surface area contributed by atoms with Crippen molar-refractivity contribution in [3.05, 3.63) is 48.1 Å². The first-order valence-electron chi connectivity index (χ1n) is 9.04. The van der Waals surface area contributed by atoms with Gasteiger partial charge in [-0.2, -0.15) is 0 Å². The van der Waals surface area contributed by atoms with Crippen molar-refractivity contribution in [3.8, 4) is 0 Å². The maximum Gasteiger partial charge on any atom is 0.191 e. The van der Waals surface area contributed by atoms with Crippen molar-refractivity contribution in [1.82, 2.24) is 14.5 Å². The number of halogens is 1. The van der Waals surface area contributed by atoms with Gasteiger partial charge in [0.05, 0.1) is 0 Å². The maximum absolute atomic E-state index is 6.20. The van der Waals surface area contributed by atoms with Gasteiger partial charge in [0.1, 0.15) is 0 Å². The van der Waals surface area contributed by atoms with Gasteiger partial charge in [0.15, 0.2) is 11.1 Å². The highest BCUT2D eigenvalue weighted by Crippen LogP contribution is 2.19. The first-order valence-corrected chi connectivity index (χ1v) is 9.92. The largest absolute Gasteiger partial charge is 0.370 e. The average Bonchev–Trinajstić information content (AvgIpc) is 3.35. The Morgan fingerprint density at radius 1 is 1.15 bits per heavy atom. The predicted octanol–water partition coefficient (Wildman–Crippen LogP) is 3.24. The second-order valence-corrected chi connectivity index (χ2v) is 7.32. The molecule has 4 rings (SSSR count). The Labute approximate surface area is 180 Å². The number of aliphatic imine (C=N–C) groups is 1. The van der Waals surface area contributed by atoms with Crippen LogP contribution in [-0.2, 0) is 6.54 Å². The topological polar surface area (TPSA) is 62.7 Å². The highest BCUT2D eigenvalue weighted by Gasteiger charge is 2.19. The molecule has 1 saturated heterocycles. The molecule has 27 heavy (non-hydrogen) atoms. The van der Waals surface area contributed by atoms with E-state index in [1.807, 2.05) is 11.6 Å². The molecule has 3 aromatic rings. The van der Waals surface area contributed by atoms with E-state index in [1.165, 1.54) is 10.9 Å². The van der Waals surface area contributed by atoms with Crippen molar-refractivity contribution in [2.75, 3.05) is 37.6 Å². The number of piperazine rings is 1. The van der Waals surface area contributed by atoms with Gasteiger partial charge in [0.25, 0.3) is 0 Å². The van der Waals surface area contributed by atoms with Crippen molar-refractivity contribution in [1.29, 1.82) is 0 Å². The summed E-state index contributed by atoms with van der Waals surface area (Å²) in [4.78, 5) is 13.5. The van der Waals surface area contributed by atoms with Crippen molar-refractivity contribution >= 4 is 57.3 Å². The molecule has 0 unspecified atom stereocenters. The van der Waals surface area contributed by atoms with E-state index in [4.69, 9.17) is 5.73 Å². The number of guanidine groups is 1. The Kier molecular flexibility index (Phi) is 6.95. The summed E-state index contributed by atoms with van der Waals surface area (Å²) in [5.41, 5.74) is 7.48. The average molecular weight is 496 g/mol. The van der Waals surface area contributed by atoms with Crippen LogP contribution >= 0.6 is 35.3 Å². The van der Waals surface area contributed by atoms with Crippen LogP contribution < -0.4 is 10.6 Å². The van der Waals surface area contributed by atoms with Crippen LogP contribution in [0.4, 0.5) is 5.13 Å². The number of thiazole rings is 1. The fourth-order valence-corrected chi connectivity index (χ4v) is 4.07. The van der Waals surface area contributed by atoms with Gasteiger partial charge in [-0.05, 0) is 23.9 Å². The highest BCUT2D eigenvalue weighted by atomic mass is 127. The first-order chi connectivity index (χ1) is 12.8. The van der Waals surface area contributed by atoms with Gasteiger partial charge < -0.3 is 20.1 Å². The van der Waals surface area contributed by atoms with Gasteiger partial charge in [-0.25, -0.2) is 4.98 Å². The molecule has 0 aliphatic carbocycles. The third-order valence-corrected chi connectivity index (χ3v) is 5.64. The number of benzene rings is 1. The van der Waals surface area contributed by atoms with Gasteiger partial charge in [0.2, 0.25) is 0 Å². The van der Waals surface area contributed by atoms with Crippen LogP contribution in [0.5, 0.6) is 0 Å². The summed E-state index contributed by atoms with van der Waals surface area (Å²) in [5, 5.41) is 4.40. The van der Waals surface area contributed by atoms with Crippen LogP contribution in [0.1, 0.15) is 6.42 Å². The lowest BCUT2D eigenvalue weighted by Crippen LogP contribution is -2.51. The third kappa shape index (κ3) is 4.73. The maximum atomic E-state index is 6.20. The highest BCUT2D eigenvalue weighted by molar-refractivity contribution is 14.0. The smallest absolute Gasteiger partial charge is 0.191 e. The standard InChI is InChI=1S/C19H24N6S.HI/c20-18(24-11-13-25(14-12-24)19-22-8-15-26-19)21-7-3-9-23-10-6-16-4-1-2-5-17(16)23;/h1-2,4-6,8,10,15H,3,7,9,11-14H2,(H2,20,21);1H. The SMILES string of the molecule is I.NC(=NCCCn1ccc2ccccc21)N1CCN(c2nccs2)CC1. The molecular weight excluding hydrogens is 471 g/mol. The molecule has 1 aliphatic heterocycles. The van der Waals surface area contributed by atoms with Crippen molar-refractivity contribution in [3.63, 3.8) is 0 Å². The van der Waals surface area contributed by atoms with E-state index in [0.29, 0.717) is 5.96 Å². The van der Waals surface area contributed by atoms with Crippen molar-refractivity contribution in [2.24, 2.45) is 10.7 Å². The Balaban J connectivity index is 0.00000210. The second kappa shape index (κ2) is 9.41. The summed E-state index contributed by atoms with van der Waals surface area (Å²) in [6, 6.07) is 10.6.